The number of benzene rings is 2. The first-order valence-corrected chi connectivity index (χ1v) is 7.36. The van der Waals surface area contributed by atoms with Crippen LogP contribution in [0.25, 0.3) is 0 Å². The summed E-state index contributed by atoms with van der Waals surface area (Å²) in [5.74, 6) is 2.02. The molecule has 1 aliphatic rings. The third-order valence-corrected chi connectivity index (χ3v) is 4.00. The molecule has 0 bridgehead atoms. The van der Waals surface area contributed by atoms with Crippen LogP contribution in [0.5, 0.6) is 11.5 Å². The Morgan fingerprint density at radius 3 is 2.30 bits per heavy atom. The van der Waals surface area contributed by atoms with Crippen molar-refractivity contribution in [2.24, 2.45) is 0 Å². The number of hydrogen-bond acceptors (Lipinski definition) is 2. The molecule has 2 heteroatoms. The molecular formula is C18H21NO. The number of hydrogen-bond donors (Lipinski definition) is 0. The lowest BCUT2D eigenvalue weighted by atomic mass is 9.99. The van der Waals surface area contributed by atoms with Crippen molar-refractivity contribution in [3.05, 3.63) is 53.1 Å². The van der Waals surface area contributed by atoms with Crippen molar-refractivity contribution in [3.63, 3.8) is 0 Å². The molecule has 0 N–H and O–H groups in total. The Labute approximate surface area is 121 Å². The van der Waals surface area contributed by atoms with Crippen LogP contribution in [0.3, 0.4) is 0 Å². The Balaban J connectivity index is 1.96. The molecule has 0 saturated heterocycles. The highest BCUT2D eigenvalue weighted by molar-refractivity contribution is 5.58. The number of rotatable bonds is 3. The van der Waals surface area contributed by atoms with Crippen LogP contribution in [0.4, 0.5) is 5.69 Å². The van der Waals surface area contributed by atoms with E-state index in [1.54, 1.807) is 0 Å². The minimum atomic E-state index is 0.962. The van der Waals surface area contributed by atoms with Crippen LogP contribution in [-0.2, 0) is 6.42 Å². The van der Waals surface area contributed by atoms with E-state index in [-0.39, 0.29) is 0 Å². The predicted octanol–water partition coefficient (Wildman–Crippen LogP) is 4.54. The quantitative estimate of drug-likeness (QED) is 0.691. The van der Waals surface area contributed by atoms with E-state index in [9.17, 15) is 0 Å². The monoisotopic (exact) mass is 267 g/mol. The van der Waals surface area contributed by atoms with E-state index in [4.69, 9.17) is 4.74 Å². The summed E-state index contributed by atoms with van der Waals surface area (Å²) in [5, 5.41) is 0. The molecule has 1 heterocycles. The summed E-state index contributed by atoms with van der Waals surface area (Å²) < 4.78 is 6.11. The second-order valence-electron chi connectivity index (χ2n) is 5.35. The molecule has 0 amide bonds. The third-order valence-electron chi connectivity index (χ3n) is 4.00. The molecular weight excluding hydrogens is 246 g/mol. The molecule has 104 valence electrons. The summed E-state index contributed by atoms with van der Waals surface area (Å²) in [4.78, 5) is 2.34. The Morgan fingerprint density at radius 1 is 0.950 bits per heavy atom. The number of aryl methyl sites for hydroxylation is 1. The van der Waals surface area contributed by atoms with Crippen LogP contribution in [0.2, 0.25) is 0 Å². The number of fused-ring (bicyclic) bond motifs is 2. The molecule has 3 rings (SSSR count). The summed E-state index contributed by atoms with van der Waals surface area (Å²) in [5.41, 5.74) is 5.04. The van der Waals surface area contributed by atoms with Crippen molar-refractivity contribution in [2.75, 3.05) is 18.0 Å². The fourth-order valence-corrected chi connectivity index (χ4v) is 2.80. The smallest absolute Gasteiger partial charge is 0.133 e. The van der Waals surface area contributed by atoms with Crippen LogP contribution in [0.15, 0.2) is 36.4 Å². The second kappa shape index (κ2) is 5.20. The van der Waals surface area contributed by atoms with Gasteiger partial charge in [0.2, 0.25) is 0 Å². The van der Waals surface area contributed by atoms with Crippen LogP contribution in [0, 0.1) is 6.92 Å². The minimum Gasteiger partial charge on any atom is -0.457 e. The van der Waals surface area contributed by atoms with E-state index < -0.39 is 0 Å². The highest BCUT2D eigenvalue weighted by atomic mass is 16.5. The second-order valence-corrected chi connectivity index (χ2v) is 5.35. The van der Waals surface area contributed by atoms with Crippen molar-refractivity contribution in [1.29, 1.82) is 0 Å². The van der Waals surface area contributed by atoms with Crippen molar-refractivity contribution < 1.29 is 4.74 Å². The summed E-state index contributed by atoms with van der Waals surface area (Å²) in [6, 6.07) is 13.0. The Bertz CT molecular complexity index is 629. The summed E-state index contributed by atoms with van der Waals surface area (Å²) in [6.07, 6.45) is 0.962. The first kappa shape index (κ1) is 13.0. The van der Waals surface area contributed by atoms with Gasteiger partial charge in [0, 0.05) is 31.3 Å². The van der Waals surface area contributed by atoms with E-state index in [1.807, 2.05) is 0 Å². The fraction of sp³-hybridized carbons (Fsp3) is 0.333. The molecule has 2 aromatic carbocycles. The van der Waals surface area contributed by atoms with Gasteiger partial charge in [-0.3, -0.25) is 0 Å². The zero-order valence-corrected chi connectivity index (χ0v) is 12.4. The van der Waals surface area contributed by atoms with Gasteiger partial charge in [0.25, 0.3) is 0 Å². The van der Waals surface area contributed by atoms with Crippen molar-refractivity contribution >= 4 is 5.69 Å². The van der Waals surface area contributed by atoms with Gasteiger partial charge in [-0.1, -0.05) is 18.2 Å². The van der Waals surface area contributed by atoms with E-state index in [1.165, 1.54) is 22.4 Å². The first-order chi connectivity index (χ1) is 9.71. The predicted molar refractivity (Wildman–Crippen MR) is 84.1 cm³/mol. The van der Waals surface area contributed by atoms with Crippen LogP contribution < -0.4 is 9.64 Å². The summed E-state index contributed by atoms with van der Waals surface area (Å²) >= 11 is 0. The van der Waals surface area contributed by atoms with Gasteiger partial charge in [0.1, 0.15) is 11.5 Å². The highest BCUT2D eigenvalue weighted by Gasteiger charge is 2.18. The number of anilines is 1. The lowest BCUT2D eigenvalue weighted by Crippen LogP contribution is -2.21. The zero-order valence-electron chi connectivity index (χ0n) is 12.4. The lowest BCUT2D eigenvalue weighted by molar-refractivity contribution is 0.459. The van der Waals surface area contributed by atoms with Crippen molar-refractivity contribution in [2.45, 2.75) is 27.2 Å². The zero-order chi connectivity index (χ0) is 14.1. The molecule has 0 atom stereocenters. The largest absolute Gasteiger partial charge is 0.457 e. The molecule has 0 aromatic heterocycles. The molecule has 20 heavy (non-hydrogen) atoms. The fourth-order valence-electron chi connectivity index (χ4n) is 2.80. The maximum absolute atomic E-state index is 6.11. The van der Waals surface area contributed by atoms with E-state index >= 15 is 0 Å². The highest BCUT2D eigenvalue weighted by Crippen LogP contribution is 2.38. The molecule has 0 unspecified atom stereocenters. The Hall–Kier alpha value is -1.96. The topological polar surface area (TPSA) is 12.5 Å². The van der Waals surface area contributed by atoms with Crippen molar-refractivity contribution in [1.82, 2.24) is 0 Å². The van der Waals surface area contributed by atoms with Gasteiger partial charge < -0.3 is 9.64 Å². The maximum atomic E-state index is 6.11. The molecule has 2 aromatic rings. The van der Waals surface area contributed by atoms with E-state index in [2.05, 4.69) is 62.1 Å². The summed E-state index contributed by atoms with van der Waals surface area (Å²) in [7, 11) is 0. The van der Waals surface area contributed by atoms with Gasteiger partial charge in [-0.25, -0.2) is 0 Å². The number of ether oxygens (including phenoxy) is 1. The molecule has 2 nitrogen and oxygen atoms in total. The Kier molecular flexibility index (Phi) is 3.39. The lowest BCUT2D eigenvalue weighted by Gasteiger charge is -2.25. The molecule has 0 aliphatic carbocycles. The average molecular weight is 267 g/mol. The third kappa shape index (κ3) is 2.26. The van der Waals surface area contributed by atoms with Gasteiger partial charge in [-0.15, -0.1) is 0 Å². The average Bonchev–Trinajstić information content (AvgIpc) is 2.46. The maximum Gasteiger partial charge on any atom is 0.133 e. The molecule has 0 spiro atoms. The SMILES string of the molecule is CCN(CC)c1ccc2c(c1)Oc1cc(C)ccc1C2. The summed E-state index contributed by atoms with van der Waals surface area (Å²) in [6.45, 7) is 8.51. The molecule has 0 radical (unpaired) electrons. The van der Waals surface area contributed by atoms with E-state index in [0.29, 0.717) is 0 Å². The van der Waals surface area contributed by atoms with Gasteiger partial charge in [-0.2, -0.15) is 0 Å². The van der Waals surface area contributed by atoms with Gasteiger partial charge in [0.05, 0.1) is 0 Å². The number of nitrogens with zero attached hydrogens (tertiary/aromatic N) is 1. The molecule has 0 saturated carbocycles. The van der Waals surface area contributed by atoms with Gasteiger partial charge in [-0.05, 0) is 49.6 Å². The van der Waals surface area contributed by atoms with Crippen LogP contribution in [0.1, 0.15) is 30.5 Å². The Morgan fingerprint density at radius 2 is 1.60 bits per heavy atom. The minimum absolute atomic E-state index is 0.962. The van der Waals surface area contributed by atoms with Crippen LogP contribution in [-0.4, -0.2) is 13.1 Å². The standard InChI is InChI=1S/C18H21NO/c1-4-19(5-2)16-9-8-15-11-14-7-6-13(3)10-17(14)20-18(15)12-16/h6-10,12H,4-5,11H2,1-3H3. The first-order valence-electron chi connectivity index (χ1n) is 7.36. The van der Waals surface area contributed by atoms with Crippen molar-refractivity contribution in [3.8, 4) is 11.5 Å². The van der Waals surface area contributed by atoms with Gasteiger partial charge in [0.15, 0.2) is 0 Å². The van der Waals surface area contributed by atoms with E-state index in [0.717, 1.165) is 31.0 Å². The normalized spacial score (nSPS) is 12.3. The van der Waals surface area contributed by atoms with Gasteiger partial charge >= 0.3 is 0 Å². The van der Waals surface area contributed by atoms with Crippen LogP contribution >= 0.6 is 0 Å². The molecule has 1 aliphatic heterocycles. The molecule has 0 fully saturated rings.